The lowest BCUT2D eigenvalue weighted by molar-refractivity contribution is 0.394. The van der Waals surface area contributed by atoms with Gasteiger partial charge in [-0.1, -0.05) is 33.1 Å². The van der Waals surface area contributed by atoms with Gasteiger partial charge in [0.05, 0.1) is 6.07 Å². The van der Waals surface area contributed by atoms with Crippen molar-refractivity contribution in [3.63, 3.8) is 0 Å². The van der Waals surface area contributed by atoms with Gasteiger partial charge in [-0.15, -0.1) is 0 Å². The summed E-state index contributed by atoms with van der Waals surface area (Å²) in [6.07, 6.45) is 7.13. The molecule has 78 valence electrons. The van der Waals surface area contributed by atoms with Crippen molar-refractivity contribution in [2.45, 2.75) is 58.9 Å². The minimum Gasteiger partial charge on any atom is -0.317 e. The van der Waals surface area contributed by atoms with Crippen molar-refractivity contribution in [2.24, 2.45) is 0 Å². The largest absolute Gasteiger partial charge is 0.317 e. The first kappa shape index (κ1) is 14.9. The highest BCUT2D eigenvalue weighted by Gasteiger charge is 2.09. The van der Waals surface area contributed by atoms with Gasteiger partial charge in [0.25, 0.3) is 0 Å². The summed E-state index contributed by atoms with van der Waals surface area (Å²) in [6, 6.07) is 2.59. The predicted octanol–water partition coefficient (Wildman–Crippen LogP) is 3.09. The number of nitrogens with zero attached hydrogens (tertiary/aromatic N) is 1. The highest BCUT2D eigenvalue weighted by atomic mass is 14.9. The van der Waals surface area contributed by atoms with Crippen LogP contribution in [0.25, 0.3) is 0 Å². The van der Waals surface area contributed by atoms with Crippen LogP contribution in [-0.4, -0.2) is 13.1 Å². The molecule has 0 saturated heterocycles. The van der Waals surface area contributed by atoms with Crippen molar-refractivity contribution >= 4 is 0 Å². The predicted molar refractivity (Wildman–Crippen MR) is 58.6 cm³/mol. The van der Waals surface area contributed by atoms with Gasteiger partial charge < -0.3 is 5.32 Å². The fourth-order valence-electron chi connectivity index (χ4n) is 1.39. The molecule has 0 heterocycles. The van der Waals surface area contributed by atoms with E-state index in [0.29, 0.717) is 0 Å². The maximum absolute atomic E-state index is 7.32. The van der Waals surface area contributed by atoms with E-state index in [-0.39, 0.29) is 0 Å². The van der Waals surface area contributed by atoms with Gasteiger partial charge in [0.2, 0.25) is 0 Å². The molecule has 1 saturated carbocycles. The number of hydrogen-bond donors (Lipinski definition) is 1. The molecular formula is C11H24N2. The smallest absolute Gasteiger partial charge is 0.0587 e. The third-order valence-electron chi connectivity index (χ3n) is 2.01. The Labute approximate surface area is 83.3 Å². The fourth-order valence-corrected chi connectivity index (χ4v) is 1.39. The molecule has 0 radical (unpaired) electrons. The van der Waals surface area contributed by atoms with Crippen molar-refractivity contribution in [1.82, 2.24) is 5.32 Å². The zero-order chi connectivity index (χ0) is 10.5. The molecule has 0 aromatic carbocycles. The quantitative estimate of drug-likeness (QED) is 0.679. The van der Waals surface area contributed by atoms with Crippen molar-refractivity contribution < 1.29 is 0 Å². The molecule has 1 aliphatic carbocycles. The number of nitrogens with one attached hydrogen (secondary N) is 1. The monoisotopic (exact) mass is 184 g/mol. The second kappa shape index (κ2) is 14.0. The van der Waals surface area contributed by atoms with Gasteiger partial charge in [0, 0.05) is 13.0 Å². The maximum Gasteiger partial charge on any atom is 0.0587 e. The number of rotatable bonds is 1. The van der Waals surface area contributed by atoms with E-state index in [2.05, 4.69) is 12.4 Å². The van der Waals surface area contributed by atoms with E-state index in [1.807, 2.05) is 13.8 Å². The number of nitriles is 1. The summed E-state index contributed by atoms with van der Waals surface area (Å²) in [5, 5.41) is 10.6. The molecule has 0 amide bonds. The van der Waals surface area contributed by atoms with E-state index < -0.39 is 0 Å². The van der Waals surface area contributed by atoms with Crippen LogP contribution in [-0.2, 0) is 0 Å². The standard InChI is InChI=1S/C7H15N.C2H3N.C2H6/c1-8-7-5-3-2-4-6-7;1-2-3;1-2/h7-8H,2-6H2,1H3;1H3;1-2H3. The van der Waals surface area contributed by atoms with Gasteiger partial charge in [-0.3, -0.25) is 0 Å². The molecule has 2 heteroatoms. The fraction of sp³-hybridized carbons (Fsp3) is 0.909. The molecule has 0 unspecified atom stereocenters. The van der Waals surface area contributed by atoms with Crippen LogP contribution in [0.5, 0.6) is 0 Å². The van der Waals surface area contributed by atoms with Gasteiger partial charge in [-0.2, -0.15) is 5.26 Å². The summed E-state index contributed by atoms with van der Waals surface area (Å²) in [5.41, 5.74) is 0. The Morgan fingerprint density at radius 3 is 1.77 bits per heavy atom. The van der Waals surface area contributed by atoms with Crippen molar-refractivity contribution in [1.29, 1.82) is 5.26 Å². The second-order valence-corrected chi connectivity index (χ2v) is 2.85. The zero-order valence-corrected chi connectivity index (χ0v) is 9.56. The van der Waals surface area contributed by atoms with Gasteiger partial charge in [0.15, 0.2) is 0 Å². The SMILES string of the molecule is CC.CC#N.CNC1CCCCC1. The van der Waals surface area contributed by atoms with E-state index in [1.165, 1.54) is 39.0 Å². The molecule has 0 aromatic heterocycles. The third-order valence-corrected chi connectivity index (χ3v) is 2.01. The van der Waals surface area contributed by atoms with E-state index in [0.717, 1.165) is 6.04 Å². The molecule has 1 fully saturated rings. The zero-order valence-electron chi connectivity index (χ0n) is 9.56. The third kappa shape index (κ3) is 11.5. The molecule has 0 atom stereocenters. The van der Waals surface area contributed by atoms with E-state index in [4.69, 9.17) is 5.26 Å². The van der Waals surface area contributed by atoms with Crippen LogP contribution in [0.15, 0.2) is 0 Å². The van der Waals surface area contributed by atoms with Crippen LogP contribution in [0.1, 0.15) is 52.9 Å². The van der Waals surface area contributed by atoms with Crippen LogP contribution in [0.3, 0.4) is 0 Å². The summed E-state index contributed by atoms with van der Waals surface area (Å²) in [4.78, 5) is 0. The molecule has 2 nitrogen and oxygen atoms in total. The average Bonchev–Trinajstić information content (AvgIpc) is 2.23. The van der Waals surface area contributed by atoms with Crippen molar-refractivity contribution in [3.8, 4) is 6.07 Å². The minimum atomic E-state index is 0.837. The van der Waals surface area contributed by atoms with Crippen LogP contribution in [0.2, 0.25) is 0 Å². The Hall–Kier alpha value is -0.550. The molecule has 1 rings (SSSR count). The second-order valence-electron chi connectivity index (χ2n) is 2.85. The average molecular weight is 184 g/mol. The molecule has 1 aliphatic rings. The molecule has 0 bridgehead atoms. The topological polar surface area (TPSA) is 35.8 Å². The molecule has 1 N–H and O–H groups in total. The number of hydrogen-bond acceptors (Lipinski definition) is 2. The highest BCUT2D eigenvalue weighted by Crippen LogP contribution is 2.16. The van der Waals surface area contributed by atoms with E-state index >= 15 is 0 Å². The Bertz CT molecular complexity index is 110. The minimum absolute atomic E-state index is 0.837. The summed E-state index contributed by atoms with van der Waals surface area (Å²) < 4.78 is 0. The first-order valence-corrected chi connectivity index (χ1v) is 5.33. The Kier molecular flexibility index (Phi) is 16.1. The van der Waals surface area contributed by atoms with Gasteiger partial charge in [0.1, 0.15) is 0 Å². The lowest BCUT2D eigenvalue weighted by Gasteiger charge is -2.20. The molecule has 13 heavy (non-hydrogen) atoms. The normalized spacial score (nSPS) is 15.6. The Morgan fingerprint density at radius 1 is 1.15 bits per heavy atom. The summed E-state index contributed by atoms with van der Waals surface area (Å²) in [5.74, 6) is 0. The Balaban J connectivity index is 0. The van der Waals surface area contributed by atoms with E-state index in [1.54, 1.807) is 6.07 Å². The maximum atomic E-state index is 7.32. The van der Waals surface area contributed by atoms with Crippen LogP contribution in [0.4, 0.5) is 0 Å². The molecule has 0 spiro atoms. The molecular weight excluding hydrogens is 160 g/mol. The summed E-state index contributed by atoms with van der Waals surface area (Å²) in [7, 11) is 2.07. The lowest BCUT2D eigenvalue weighted by Crippen LogP contribution is -2.26. The highest BCUT2D eigenvalue weighted by molar-refractivity contribution is 4.68. The van der Waals surface area contributed by atoms with Crippen LogP contribution >= 0.6 is 0 Å². The first-order chi connectivity index (χ1) is 6.35. The van der Waals surface area contributed by atoms with Crippen molar-refractivity contribution in [2.75, 3.05) is 7.05 Å². The molecule has 0 aliphatic heterocycles. The van der Waals surface area contributed by atoms with Gasteiger partial charge in [-0.25, -0.2) is 0 Å². The summed E-state index contributed by atoms with van der Waals surface area (Å²) >= 11 is 0. The van der Waals surface area contributed by atoms with Gasteiger partial charge in [-0.05, 0) is 19.9 Å². The van der Waals surface area contributed by atoms with Crippen LogP contribution < -0.4 is 5.32 Å². The first-order valence-electron chi connectivity index (χ1n) is 5.33. The summed E-state index contributed by atoms with van der Waals surface area (Å²) in [6.45, 7) is 5.43. The lowest BCUT2D eigenvalue weighted by atomic mass is 9.96. The van der Waals surface area contributed by atoms with E-state index in [9.17, 15) is 0 Å². The molecule has 0 aromatic rings. The van der Waals surface area contributed by atoms with Crippen LogP contribution in [0, 0.1) is 11.3 Å². The Morgan fingerprint density at radius 2 is 1.54 bits per heavy atom. The van der Waals surface area contributed by atoms with Crippen molar-refractivity contribution in [3.05, 3.63) is 0 Å². The van der Waals surface area contributed by atoms with Gasteiger partial charge >= 0.3 is 0 Å².